The fraction of sp³-hybridized carbons (Fsp3) is 0.462. The van der Waals surface area contributed by atoms with Gasteiger partial charge in [-0.1, -0.05) is 11.6 Å². The van der Waals surface area contributed by atoms with Gasteiger partial charge in [-0.15, -0.1) is 0 Å². The zero-order valence-electron chi connectivity index (χ0n) is 12.0. The number of nitrogens with two attached hydrogens (primary N) is 1. The van der Waals surface area contributed by atoms with Crippen molar-refractivity contribution in [3.05, 3.63) is 23.2 Å². The van der Waals surface area contributed by atoms with Crippen molar-refractivity contribution in [1.29, 1.82) is 0 Å². The molecule has 0 atom stereocenters. The van der Waals surface area contributed by atoms with Crippen LogP contribution in [0.5, 0.6) is 0 Å². The van der Waals surface area contributed by atoms with Gasteiger partial charge in [0.2, 0.25) is 0 Å². The van der Waals surface area contributed by atoms with Gasteiger partial charge in [-0.25, -0.2) is 4.79 Å². The van der Waals surface area contributed by atoms with Crippen LogP contribution in [-0.2, 0) is 9.31 Å². The molecule has 1 aromatic carbocycles. The minimum atomic E-state index is -0.632. The molecule has 0 bridgehead atoms. The fourth-order valence-electron chi connectivity index (χ4n) is 1.91. The Balaban J connectivity index is 2.32. The number of amides is 2. The number of benzene rings is 1. The summed E-state index contributed by atoms with van der Waals surface area (Å²) in [5, 5.41) is 3.02. The summed E-state index contributed by atoms with van der Waals surface area (Å²) in [5.74, 6) is 0. The van der Waals surface area contributed by atoms with Crippen LogP contribution < -0.4 is 16.5 Å². The highest BCUT2D eigenvalue weighted by molar-refractivity contribution is 6.65. The van der Waals surface area contributed by atoms with Crippen LogP contribution in [0.25, 0.3) is 0 Å². The summed E-state index contributed by atoms with van der Waals surface area (Å²) in [6.45, 7) is 7.86. The molecule has 0 spiro atoms. The molecule has 7 heteroatoms. The lowest BCUT2D eigenvalue weighted by Crippen LogP contribution is -2.41. The number of carbonyl (C=O) groups is 1. The molecule has 0 unspecified atom stereocenters. The van der Waals surface area contributed by atoms with Crippen LogP contribution in [0.2, 0.25) is 5.02 Å². The van der Waals surface area contributed by atoms with Gasteiger partial charge in [0, 0.05) is 16.2 Å². The van der Waals surface area contributed by atoms with Gasteiger partial charge in [0.05, 0.1) is 11.2 Å². The maximum absolute atomic E-state index is 10.9. The molecule has 1 aliphatic rings. The average molecular weight is 297 g/mol. The maximum atomic E-state index is 10.9. The first-order chi connectivity index (χ1) is 9.12. The van der Waals surface area contributed by atoms with E-state index in [1.807, 2.05) is 27.7 Å². The molecule has 0 aliphatic carbocycles. The van der Waals surface area contributed by atoms with Crippen LogP contribution in [-0.4, -0.2) is 24.4 Å². The summed E-state index contributed by atoms with van der Waals surface area (Å²) >= 11 is 6.20. The van der Waals surface area contributed by atoms with E-state index in [4.69, 9.17) is 26.6 Å². The highest BCUT2D eigenvalue weighted by Crippen LogP contribution is 2.37. The van der Waals surface area contributed by atoms with E-state index in [2.05, 4.69) is 5.32 Å². The van der Waals surface area contributed by atoms with E-state index in [1.54, 1.807) is 18.2 Å². The molecule has 1 aromatic rings. The lowest BCUT2D eigenvalue weighted by Gasteiger charge is -2.32. The van der Waals surface area contributed by atoms with E-state index < -0.39 is 24.4 Å². The van der Waals surface area contributed by atoms with Gasteiger partial charge < -0.3 is 20.4 Å². The van der Waals surface area contributed by atoms with Crippen molar-refractivity contribution in [1.82, 2.24) is 0 Å². The van der Waals surface area contributed by atoms with Gasteiger partial charge >= 0.3 is 13.1 Å². The number of rotatable bonds is 2. The topological polar surface area (TPSA) is 73.6 Å². The quantitative estimate of drug-likeness (QED) is 0.821. The third kappa shape index (κ3) is 2.77. The monoisotopic (exact) mass is 296 g/mol. The van der Waals surface area contributed by atoms with Gasteiger partial charge in [-0.3, -0.25) is 0 Å². The largest absolute Gasteiger partial charge is 0.496 e. The first-order valence-corrected chi connectivity index (χ1v) is 6.72. The van der Waals surface area contributed by atoms with Gasteiger partial charge in [-0.05, 0) is 45.9 Å². The molecule has 108 valence electrons. The van der Waals surface area contributed by atoms with Crippen molar-refractivity contribution in [3.8, 4) is 0 Å². The standard InChI is InChI=1S/C13H18BClN2O3/c1-12(2)13(3,4)20-14(19-12)9-7-8(17-11(16)18)5-6-10(9)15/h5-7H,1-4H3,(H3,16,17,18). The van der Waals surface area contributed by atoms with Crippen molar-refractivity contribution in [2.24, 2.45) is 5.73 Å². The molecular weight excluding hydrogens is 278 g/mol. The second-order valence-electron chi connectivity index (χ2n) is 5.81. The van der Waals surface area contributed by atoms with E-state index in [-0.39, 0.29) is 0 Å². The van der Waals surface area contributed by atoms with Crippen LogP contribution in [0, 0.1) is 0 Å². The lowest BCUT2D eigenvalue weighted by atomic mass is 9.79. The molecule has 0 radical (unpaired) electrons. The molecule has 2 rings (SSSR count). The Kier molecular flexibility index (Phi) is 3.75. The molecule has 3 N–H and O–H groups in total. The number of carbonyl (C=O) groups excluding carboxylic acids is 1. The Labute approximate surface area is 123 Å². The number of primary amides is 1. The number of halogens is 1. The predicted molar refractivity (Wildman–Crippen MR) is 80.4 cm³/mol. The van der Waals surface area contributed by atoms with Crippen molar-refractivity contribution >= 4 is 35.9 Å². The van der Waals surface area contributed by atoms with E-state index >= 15 is 0 Å². The minimum Gasteiger partial charge on any atom is -0.399 e. The first kappa shape index (κ1) is 15.2. The normalized spacial score (nSPS) is 19.9. The second kappa shape index (κ2) is 4.95. The Morgan fingerprint density at radius 1 is 1.25 bits per heavy atom. The summed E-state index contributed by atoms with van der Waals surface area (Å²) in [7, 11) is -0.581. The van der Waals surface area contributed by atoms with Gasteiger partial charge in [0.1, 0.15) is 0 Å². The Morgan fingerprint density at radius 3 is 2.30 bits per heavy atom. The SMILES string of the molecule is CC1(C)OB(c2cc(NC(N)=O)ccc2Cl)OC1(C)C. The van der Waals surface area contributed by atoms with Crippen molar-refractivity contribution < 1.29 is 14.1 Å². The molecular formula is C13H18BClN2O3. The molecule has 0 saturated carbocycles. The number of hydrogen-bond donors (Lipinski definition) is 2. The van der Waals surface area contributed by atoms with Crippen LogP contribution in [0.3, 0.4) is 0 Å². The van der Waals surface area contributed by atoms with E-state index in [0.717, 1.165) is 0 Å². The number of hydrogen-bond acceptors (Lipinski definition) is 3. The zero-order valence-corrected chi connectivity index (χ0v) is 12.7. The third-order valence-electron chi connectivity index (χ3n) is 3.77. The van der Waals surface area contributed by atoms with Gasteiger partial charge in [-0.2, -0.15) is 0 Å². The van der Waals surface area contributed by atoms with E-state index in [0.29, 0.717) is 16.2 Å². The molecule has 20 heavy (non-hydrogen) atoms. The summed E-state index contributed by atoms with van der Waals surface area (Å²) in [6, 6.07) is 4.41. The molecule has 5 nitrogen and oxygen atoms in total. The Hall–Kier alpha value is -1.24. The lowest BCUT2D eigenvalue weighted by molar-refractivity contribution is 0.00578. The van der Waals surface area contributed by atoms with Crippen molar-refractivity contribution in [2.45, 2.75) is 38.9 Å². The van der Waals surface area contributed by atoms with Gasteiger partial charge in [0.25, 0.3) is 0 Å². The average Bonchev–Trinajstić information content (AvgIpc) is 2.50. The number of nitrogens with one attached hydrogen (secondary N) is 1. The van der Waals surface area contributed by atoms with Crippen molar-refractivity contribution in [3.63, 3.8) is 0 Å². The van der Waals surface area contributed by atoms with Crippen LogP contribution >= 0.6 is 11.6 Å². The minimum absolute atomic E-state index is 0.450. The molecule has 1 fully saturated rings. The van der Waals surface area contributed by atoms with Crippen LogP contribution in [0.4, 0.5) is 10.5 Å². The Morgan fingerprint density at radius 2 is 1.80 bits per heavy atom. The first-order valence-electron chi connectivity index (χ1n) is 6.34. The molecule has 1 saturated heterocycles. The summed E-state index contributed by atoms with van der Waals surface area (Å²) in [5.41, 5.74) is 5.42. The van der Waals surface area contributed by atoms with Crippen LogP contribution in [0.1, 0.15) is 27.7 Å². The maximum Gasteiger partial charge on any atom is 0.496 e. The molecule has 0 aromatic heterocycles. The van der Waals surface area contributed by atoms with E-state index in [1.165, 1.54) is 0 Å². The summed E-state index contributed by atoms with van der Waals surface area (Å²) < 4.78 is 11.9. The van der Waals surface area contributed by atoms with E-state index in [9.17, 15) is 4.79 Å². The zero-order chi connectivity index (χ0) is 15.1. The number of anilines is 1. The van der Waals surface area contributed by atoms with Crippen LogP contribution in [0.15, 0.2) is 18.2 Å². The highest BCUT2D eigenvalue weighted by atomic mass is 35.5. The highest BCUT2D eigenvalue weighted by Gasteiger charge is 2.52. The molecule has 1 heterocycles. The fourth-order valence-corrected chi connectivity index (χ4v) is 2.12. The smallest absolute Gasteiger partial charge is 0.399 e. The van der Waals surface area contributed by atoms with Crippen molar-refractivity contribution in [2.75, 3.05) is 5.32 Å². The molecule has 1 aliphatic heterocycles. The summed E-state index contributed by atoms with van der Waals surface area (Å²) in [6.07, 6.45) is 0. The van der Waals surface area contributed by atoms with Gasteiger partial charge in [0.15, 0.2) is 0 Å². The summed E-state index contributed by atoms with van der Waals surface area (Å²) in [4.78, 5) is 10.9. The molecule has 2 amide bonds. The Bertz CT molecular complexity index is 532. The number of urea groups is 1. The second-order valence-corrected chi connectivity index (χ2v) is 6.22. The third-order valence-corrected chi connectivity index (χ3v) is 4.11. The predicted octanol–water partition coefficient (Wildman–Crippen LogP) is 2.13.